The fraction of sp³-hybridized carbons (Fsp3) is 0.750. The number of likely N-dealkylation sites (N-methyl/N-ethyl adjacent to an activating group) is 1. The quantitative estimate of drug-likeness (QED) is 0.730. The Morgan fingerprint density at radius 3 is 3.19 bits per heavy atom. The second kappa shape index (κ2) is 5.46. The molecule has 1 aromatic rings. The molecule has 1 aromatic heterocycles. The molecule has 90 valence electrons. The Kier molecular flexibility index (Phi) is 3.96. The highest BCUT2D eigenvalue weighted by Gasteiger charge is 2.22. The van der Waals surface area contributed by atoms with Crippen LogP contribution in [0.15, 0.2) is 6.20 Å². The number of aromatic nitrogens is 2. The van der Waals surface area contributed by atoms with Crippen molar-refractivity contribution in [3.63, 3.8) is 0 Å². The summed E-state index contributed by atoms with van der Waals surface area (Å²) in [7, 11) is 4.17. The first-order valence-corrected chi connectivity index (χ1v) is 6.16. The molecule has 0 aromatic carbocycles. The van der Waals surface area contributed by atoms with Gasteiger partial charge in [0.2, 0.25) is 0 Å². The third-order valence-corrected chi connectivity index (χ3v) is 3.32. The molecule has 0 radical (unpaired) electrons. The van der Waals surface area contributed by atoms with Gasteiger partial charge in [-0.05, 0) is 40.0 Å². The van der Waals surface area contributed by atoms with E-state index in [0.717, 1.165) is 31.8 Å². The zero-order valence-corrected chi connectivity index (χ0v) is 10.3. The Bertz CT molecular complexity index is 321. The number of hydrogen-bond acceptors (Lipinski definition) is 3. The highest BCUT2D eigenvalue weighted by molar-refractivity contribution is 5.10. The van der Waals surface area contributed by atoms with E-state index in [1.165, 1.54) is 18.7 Å². The summed E-state index contributed by atoms with van der Waals surface area (Å²) < 4.78 is 0. The molecule has 1 unspecified atom stereocenters. The Balaban J connectivity index is 1.87. The van der Waals surface area contributed by atoms with Crippen molar-refractivity contribution in [2.24, 2.45) is 0 Å². The van der Waals surface area contributed by atoms with Gasteiger partial charge in [0, 0.05) is 30.8 Å². The van der Waals surface area contributed by atoms with Gasteiger partial charge in [0.05, 0.1) is 0 Å². The van der Waals surface area contributed by atoms with Gasteiger partial charge in [-0.2, -0.15) is 0 Å². The fourth-order valence-electron chi connectivity index (χ4n) is 2.33. The van der Waals surface area contributed by atoms with E-state index in [9.17, 15) is 0 Å². The predicted octanol–water partition coefficient (Wildman–Crippen LogP) is 0.981. The number of aryl methyl sites for hydroxylation is 1. The molecular formula is C12H22N4. The predicted molar refractivity (Wildman–Crippen MR) is 65.7 cm³/mol. The molecule has 0 spiro atoms. The van der Waals surface area contributed by atoms with Crippen LogP contribution in [0.25, 0.3) is 0 Å². The largest absolute Gasteiger partial charge is 0.346 e. The molecule has 1 aliphatic rings. The maximum atomic E-state index is 4.46. The van der Waals surface area contributed by atoms with Crippen LogP contribution >= 0.6 is 0 Å². The van der Waals surface area contributed by atoms with Crippen LogP contribution in [-0.2, 0) is 6.42 Å². The maximum Gasteiger partial charge on any atom is 0.106 e. The minimum atomic E-state index is 0.663. The zero-order valence-electron chi connectivity index (χ0n) is 10.3. The summed E-state index contributed by atoms with van der Waals surface area (Å²) in [6.07, 6.45) is 5.48. The van der Waals surface area contributed by atoms with E-state index in [-0.39, 0.29) is 0 Å². The molecule has 1 atom stereocenters. The van der Waals surface area contributed by atoms with Gasteiger partial charge in [0.1, 0.15) is 5.82 Å². The lowest BCUT2D eigenvalue weighted by molar-refractivity contribution is 0.411. The van der Waals surface area contributed by atoms with E-state index >= 15 is 0 Å². The average Bonchev–Trinajstić information content (AvgIpc) is 2.87. The number of likely N-dealkylation sites (tertiary alicyclic amines) is 1. The first-order valence-electron chi connectivity index (χ1n) is 6.16. The van der Waals surface area contributed by atoms with Crippen LogP contribution in [0.1, 0.15) is 30.3 Å². The Morgan fingerprint density at radius 2 is 2.50 bits per heavy atom. The zero-order chi connectivity index (χ0) is 11.4. The van der Waals surface area contributed by atoms with E-state index in [1.807, 2.05) is 13.2 Å². The summed E-state index contributed by atoms with van der Waals surface area (Å²) in [5, 5.41) is 3.16. The second-order valence-corrected chi connectivity index (χ2v) is 4.74. The highest BCUT2D eigenvalue weighted by atomic mass is 15.1. The van der Waals surface area contributed by atoms with Crippen molar-refractivity contribution < 1.29 is 0 Å². The average molecular weight is 222 g/mol. The van der Waals surface area contributed by atoms with E-state index in [2.05, 4.69) is 27.2 Å². The van der Waals surface area contributed by atoms with Gasteiger partial charge in [0.25, 0.3) is 0 Å². The second-order valence-electron chi connectivity index (χ2n) is 4.74. The van der Waals surface area contributed by atoms with E-state index in [1.54, 1.807) is 0 Å². The van der Waals surface area contributed by atoms with E-state index < -0.39 is 0 Å². The normalized spacial score (nSPS) is 21.8. The molecule has 2 N–H and O–H groups in total. The summed E-state index contributed by atoms with van der Waals surface area (Å²) in [5.41, 5.74) is 1.32. The summed E-state index contributed by atoms with van der Waals surface area (Å²) in [5.74, 6) is 1.80. The summed E-state index contributed by atoms with van der Waals surface area (Å²) >= 11 is 0. The standard InChI is InChI=1S/C12H22N4/c1-13-6-3-4-12-14-8-11(15-12)10-5-7-16(2)9-10/h8,10,13H,3-7,9H2,1-2H3,(H,14,15). The number of rotatable bonds is 5. The van der Waals surface area contributed by atoms with Crippen LogP contribution in [0.2, 0.25) is 0 Å². The van der Waals surface area contributed by atoms with Crippen LogP contribution in [0, 0.1) is 0 Å². The van der Waals surface area contributed by atoms with Gasteiger partial charge in [-0.3, -0.25) is 0 Å². The van der Waals surface area contributed by atoms with Gasteiger partial charge in [-0.1, -0.05) is 0 Å². The third-order valence-electron chi connectivity index (χ3n) is 3.32. The summed E-state index contributed by atoms with van der Waals surface area (Å²) in [6, 6.07) is 0. The molecule has 2 rings (SSSR count). The lowest BCUT2D eigenvalue weighted by Gasteiger charge is -2.07. The van der Waals surface area contributed by atoms with Gasteiger partial charge >= 0.3 is 0 Å². The van der Waals surface area contributed by atoms with Crippen molar-refractivity contribution in [2.45, 2.75) is 25.2 Å². The number of aromatic amines is 1. The van der Waals surface area contributed by atoms with E-state index in [4.69, 9.17) is 0 Å². The fourth-order valence-corrected chi connectivity index (χ4v) is 2.33. The maximum absolute atomic E-state index is 4.46. The number of hydrogen-bond donors (Lipinski definition) is 2. The van der Waals surface area contributed by atoms with Crippen molar-refractivity contribution in [1.82, 2.24) is 20.2 Å². The van der Waals surface area contributed by atoms with Crippen molar-refractivity contribution in [2.75, 3.05) is 33.7 Å². The molecule has 1 saturated heterocycles. The van der Waals surface area contributed by atoms with Gasteiger partial charge in [0.15, 0.2) is 0 Å². The number of nitrogens with one attached hydrogen (secondary N) is 2. The number of imidazole rings is 1. The van der Waals surface area contributed by atoms with Crippen molar-refractivity contribution in [3.8, 4) is 0 Å². The minimum absolute atomic E-state index is 0.663. The molecule has 4 heteroatoms. The van der Waals surface area contributed by atoms with Crippen LogP contribution in [-0.4, -0.2) is 48.6 Å². The number of nitrogens with zero attached hydrogens (tertiary/aromatic N) is 2. The van der Waals surface area contributed by atoms with Gasteiger partial charge in [-0.15, -0.1) is 0 Å². The SMILES string of the molecule is CNCCCc1ncc(C2CCN(C)C2)[nH]1. The van der Waals surface area contributed by atoms with Crippen LogP contribution in [0.3, 0.4) is 0 Å². The monoisotopic (exact) mass is 222 g/mol. The molecule has 0 aliphatic carbocycles. The molecule has 2 heterocycles. The number of H-pyrrole nitrogens is 1. The minimum Gasteiger partial charge on any atom is -0.346 e. The van der Waals surface area contributed by atoms with E-state index in [0.29, 0.717) is 5.92 Å². The Labute approximate surface area is 97.4 Å². The molecular weight excluding hydrogens is 200 g/mol. The Hall–Kier alpha value is -0.870. The third kappa shape index (κ3) is 2.83. The first kappa shape index (κ1) is 11.6. The van der Waals surface area contributed by atoms with Crippen molar-refractivity contribution >= 4 is 0 Å². The van der Waals surface area contributed by atoms with Crippen molar-refractivity contribution in [3.05, 3.63) is 17.7 Å². The Morgan fingerprint density at radius 1 is 1.62 bits per heavy atom. The van der Waals surface area contributed by atoms with Crippen LogP contribution < -0.4 is 5.32 Å². The molecule has 1 fully saturated rings. The summed E-state index contributed by atoms with van der Waals surface area (Å²) in [4.78, 5) is 10.3. The smallest absolute Gasteiger partial charge is 0.106 e. The molecule has 0 saturated carbocycles. The molecule has 16 heavy (non-hydrogen) atoms. The van der Waals surface area contributed by atoms with Crippen LogP contribution in [0.4, 0.5) is 0 Å². The van der Waals surface area contributed by atoms with Crippen LogP contribution in [0.5, 0.6) is 0 Å². The lowest BCUT2D eigenvalue weighted by Crippen LogP contribution is -2.13. The molecule has 0 bridgehead atoms. The van der Waals surface area contributed by atoms with Gasteiger partial charge in [-0.25, -0.2) is 4.98 Å². The molecule has 1 aliphatic heterocycles. The van der Waals surface area contributed by atoms with Crippen molar-refractivity contribution in [1.29, 1.82) is 0 Å². The lowest BCUT2D eigenvalue weighted by atomic mass is 10.1. The molecule has 0 amide bonds. The first-order chi connectivity index (χ1) is 7.79. The topological polar surface area (TPSA) is 44.0 Å². The summed E-state index contributed by atoms with van der Waals surface area (Å²) in [6.45, 7) is 3.43. The molecule has 4 nitrogen and oxygen atoms in total. The highest BCUT2D eigenvalue weighted by Crippen LogP contribution is 2.24. The van der Waals surface area contributed by atoms with Gasteiger partial charge < -0.3 is 15.2 Å².